The van der Waals surface area contributed by atoms with Gasteiger partial charge in [0.15, 0.2) is 5.11 Å². The molecule has 0 unspecified atom stereocenters. The third-order valence-corrected chi connectivity index (χ3v) is 6.89. The molecule has 172 valence electrons. The second-order valence-electron chi connectivity index (χ2n) is 8.77. The van der Waals surface area contributed by atoms with Gasteiger partial charge >= 0.3 is 0 Å². The molecule has 0 spiro atoms. The van der Waals surface area contributed by atoms with Crippen LogP contribution in [0.2, 0.25) is 0 Å². The van der Waals surface area contributed by atoms with E-state index in [1.807, 2.05) is 18.3 Å². The lowest BCUT2D eigenvalue weighted by molar-refractivity contribution is 0.0365. The second kappa shape index (κ2) is 10.0. The molecule has 2 aromatic heterocycles. The highest BCUT2D eigenvalue weighted by atomic mass is 32.1. The number of rotatable bonds is 7. The normalized spacial score (nSPS) is 21.4. The number of thiocarbonyl (C=S) groups is 1. The molecule has 1 aromatic carbocycles. The van der Waals surface area contributed by atoms with Crippen molar-refractivity contribution in [3.8, 4) is 5.69 Å². The van der Waals surface area contributed by atoms with Gasteiger partial charge in [-0.1, -0.05) is 18.2 Å². The molecule has 7 heteroatoms. The minimum Gasteiger partial charge on any atom is -0.379 e. The summed E-state index contributed by atoms with van der Waals surface area (Å²) >= 11 is 5.86. The quantitative estimate of drug-likeness (QED) is 0.539. The van der Waals surface area contributed by atoms with Crippen LogP contribution in [0.1, 0.15) is 35.5 Å². The predicted octanol–water partition coefficient (Wildman–Crippen LogP) is 3.88. The Hall–Kier alpha value is -2.74. The van der Waals surface area contributed by atoms with Crippen molar-refractivity contribution in [1.29, 1.82) is 0 Å². The molecular formula is C26H31N5OS. The van der Waals surface area contributed by atoms with Gasteiger partial charge in [0.05, 0.1) is 31.0 Å². The van der Waals surface area contributed by atoms with Crippen LogP contribution in [0.15, 0.2) is 67.0 Å². The Morgan fingerprint density at radius 1 is 1.06 bits per heavy atom. The molecule has 2 aliphatic heterocycles. The van der Waals surface area contributed by atoms with Crippen LogP contribution in [-0.2, 0) is 4.74 Å². The van der Waals surface area contributed by atoms with Crippen LogP contribution < -0.4 is 5.32 Å². The van der Waals surface area contributed by atoms with Gasteiger partial charge < -0.3 is 19.5 Å². The first kappa shape index (κ1) is 22.1. The van der Waals surface area contributed by atoms with Crippen molar-refractivity contribution < 1.29 is 4.74 Å². The number of morpholine rings is 1. The number of pyridine rings is 1. The molecule has 0 aliphatic carbocycles. The molecule has 4 heterocycles. The summed E-state index contributed by atoms with van der Waals surface area (Å²) in [5.41, 5.74) is 4.64. The average Bonchev–Trinajstić information content (AvgIpc) is 3.45. The van der Waals surface area contributed by atoms with Crippen LogP contribution in [0.3, 0.4) is 0 Å². The Bertz CT molecular complexity index is 1080. The van der Waals surface area contributed by atoms with Gasteiger partial charge in [0.2, 0.25) is 0 Å². The Morgan fingerprint density at radius 2 is 1.94 bits per heavy atom. The highest BCUT2D eigenvalue weighted by molar-refractivity contribution is 7.80. The van der Waals surface area contributed by atoms with E-state index in [0.29, 0.717) is 0 Å². The van der Waals surface area contributed by atoms with Gasteiger partial charge in [0.25, 0.3) is 0 Å². The summed E-state index contributed by atoms with van der Waals surface area (Å²) in [5, 5.41) is 4.39. The molecular weight excluding hydrogens is 430 g/mol. The number of ether oxygens (including phenoxy) is 1. The summed E-state index contributed by atoms with van der Waals surface area (Å²) in [5.74, 6) is 0. The van der Waals surface area contributed by atoms with Crippen molar-refractivity contribution in [2.45, 2.75) is 25.4 Å². The van der Waals surface area contributed by atoms with E-state index in [0.717, 1.165) is 56.6 Å². The Kier molecular flexibility index (Phi) is 6.71. The molecule has 2 fully saturated rings. The first-order valence-electron chi connectivity index (χ1n) is 11.7. The molecule has 33 heavy (non-hydrogen) atoms. The summed E-state index contributed by atoms with van der Waals surface area (Å²) in [4.78, 5) is 9.52. The number of benzene rings is 1. The largest absolute Gasteiger partial charge is 0.379 e. The van der Waals surface area contributed by atoms with E-state index in [-0.39, 0.29) is 12.1 Å². The van der Waals surface area contributed by atoms with Crippen LogP contribution in [0.4, 0.5) is 0 Å². The standard InChI is InChI=1S/C26H31N5OS/c1-20-7-4-8-21(19-20)30-13-5-10-23(30)25-24(22-9-2-3-11-27-22)28-26(33)31(25)14-6-12-29-15-17-32-18-16-29/h2-5,7-11,13,19,24-25H,6,12,14-18H2,1H3,(H,28,33)/t24-,25-/m0/s1. The van der Waals surface area contributed by atoms with Crippen LogP contribution in [-0.4, -0.2) is 63.9 Å². The second-order valence-corrected chi connectivity index (χ2v) is 9.16. The maximum atomic E-state index is 5.86. The lowest BCUT2D eigenvalue weighted by Crippen LogP contribution is -2.39. The van der Waals surface area contributed by atoms with Gasteiger partial charge in [-0.15, -0.1) is 0 Å². The van der Waals surface area contributed by atoms with E-state index in [1.165, 1.54) is 16.9 Å². The van der Waals surface area contributed by atoms with Crippen LogP contribution in [0.25, 0.3) is 5.69 Å². The number of nitrogens with zero attached hydrogens (tertiary/aromatic N) is 4. The van der Waals surface area contributed by atoms with Crippen LogP contribution in [0, 0.1) is 6.92 Å². The zero-order valence-corrected chi connectivity index (χ0v) is 19.9. The molecule has 0 saturated carbocycles. The highest BCUT2D eigenvalue weighted by Crippen LogP contribution is 2.39. The minimum atomic E-state index is 0.000505. The maximum Gasteiger partial charge on any atom is 0.170 e. The third kappa shape index (κ3) is 4.81. The summed E-state index contributed by atoms with van der Waals surface area (Å²) in [7, 11) is 0. The number of nitrogens with one attached hydrogen (secondary N) is 1. The van der Waals surface area contributed by atoms with Crippen molar-refractivity contribution in [1.82, 2.24) is 24.7 Å². The van der Waals surface area contributed by atoms with Crippen LogP contribution in [0.5, 0.6) is 0 Å². The predicted molar refractivity (Wildman–Crippen MR) is 135 cm³/mol. The smallest absolute Gasteiger partial charge is 0.170 e. The Morgan fingerprint density at radius 3 is 2.73 bits per heavy atom. The van der Waals surface area contributed by atoms with Gasteiger partial charge in [-0.2, -0.15) is 0 Å². The molecule has 6 nitrogen and oxygen atoms in total. The fraction of sp³-hybridized carbons (Fsp3) is 0.385. The number of aromatic nitrogens is 2. The molecule has 2 atom stereocenters. The Labute approximate surface area is 201 Å². The molecule has 0 bridgehead atoms. The first-order valence-corrected chi connectivity index (χ1v) is 12.1. The highest BCUT2D eigenvalue weighted by Gasteiger charge is 2.41. The van der Waals surface area contributed by atoms with E-state index < -0.39 is 0 Å². The van der Waals surface area contributed by atoms with E-state index in [4.69, 9.17) is 17.0 Å². The first-order chi connectivity index (χ1) is 16.2. The molecule has 1 N–H and O–H groups in total. The van der Waals surface area contributed by atoms with Crippen molar-refractivity contribution in [2.75, 3.05) is 39.4 Å². The summed E-state index contributed by atoms with van der Waals surface area (Å²) in [6, 6.07) is 19.1. The fourth-order valence-electron chi connectivity index (χ4n) is 4.91. The number of hydrogen-bond donors (Lipinski definition) is 1. The lowest BCUT2D eigenvalue weighted by Gasteiger charge is -2.31. The topological polar surface area (TPSA) is 45.6 Å². The van der Waals surface area contributed by atoms with Crippen molar-refractivity contribution in [3.63, 3.8) is 0 Å². The zero-order chi connectivity index (χ0) is 22.6. The minimum absolute atomic E-state index is 0.000505. The molecule has 0 amide bonds. The number of aryl methyl sites for hydroxylation is 1. The van der Waals surface area contributed by atoms with Crippen LogP contribution >= 0.6 is 12.2 Å². The van der Waals surface area contributed by atoms with Gasteiger partial charge in [0, 0.05) is 50.0 Å². The number of hydrogen-bond acceptors (Lipinski definition) is 4. The maximum absolute atomic E-state index is 5.86. The van der Waals surface area contributed by atoms with Crippen molar-refractivity contribution >= 4 is 17.3 Å². The summed E-state index contributed by atoms with van der Waals surface area (Å²) in [6.45, 7) is 7.78. The van der Waals surface area contributed by atoms with Gasteiger partial charge in [-0.05, 0) is 67.5 Å². The van der Waals surface area contributed by atoms with Crippen molar-refractivity contribution in [2.24, 2.45) is 0 Å². The van der Waals surface area contributed by atoms with E-state index in [9.17, 15) is 0 Å². The van der Waals surface area contributed by atoms with Crippen molar-refractivity contribution in [3.05, 3.63) is 83.9 Å². The molecule has 2 saturated heterocycles. The molecule has 0 radical (unpaired) electrons. The monoisotopic (exact) mass is 461 g/mol. The van der Waals surface area contributed by atoms with Gasteiger partial charge in [0.1, 0.15) is 0 Å². The van der Waals surface area contributed by atoms with E-state index in [1.54, 1.807) is 0 Å². The average molecular weight is 462 g/mol. The third-order valence-electron chi connectivity index (χ3n) is 6.54. The molecule has 5 rings (SSSR count). The Balaban J connectivity index is 1.45. The van der Waals surface area contributed by atoms with Gasteiger partial charge in [-0.3, -0.25) is 9.88 Å². The summed E-state index contributed by atoms with van der Waals surface area (Å²) in [6.07, 6.45) is 5.06. The van der Waals surface area contributed by atoms with Gasteiger partial charge in [-0.25, -0.2) is 0 Å². The van der Waals surface area contributed by atoms with E-state index >= 15 is 0 Å². The zero-order valence-electron chi connectivity index (χ0n) is 19.1. The summed E-state index contributed by atoms with van der Waals surface area (Å²) < 4.78 is 7.79. The SMILES string of the molecule is Cc1cccc(-n2cccc2[C@H]2[C@H](c3ccccn3)NC(=S)N2CCCN2CCOCC2)c1. The molecule has 3 aromatic rings. The fourth-order valence-corrected chi connectivity index (χ4v) is 5.24. The molecule has 2 aliphatic rings. The van der Waals surface area contributed by atoms with E-state index in [2.05, 4.69) is 80.3 Å². The lowest BCUT2D eigenvalue weighted by atomic mass is 10.0.